The maximum absolute atomic E-state index is 12.5. The Morgan fingerprint density at radius 2 is 2.00 bits per heavy atom. The highest BCUT2D eigenvalue weighted by Crippen LogP contribution is 2.28. The van der Waals surface area contributed by atoms with Gasteiger partial charge in [0.15, 0.2) is 6.10 Å². The van der Waals surface area contributed by atoms with Crippen molar-refractivity contribution in [2.75, 3.05) is 5.32 Å². The van der Waals surface area contributed by atoms with Gasteiger partial charge in [0.05, 0.1) is 21.5 Å². The van der Waals surface area contributed by atoms with E-state index in [0.29, 0.717) is 15.9 Å². The Bertz CT molecular complexity index is 1010. The molecule has 1 atom stereocenters. The number of H-pyrrole nitrogens is 1. The van der Waals surface area contributed by atoms with Crippen LogP contribution in [0.5, 0.6) is 0 Å². The summed E-state index contributed by atoms with van der Waals surface area (Å²) >= 11 is 3.41. The zero-order valence-corrected chi connectivity index (χ0v) is 16.5. The van der Waals surface area contributed by atoms with Crippen LogP contribution in [0.15, 0.2) is 28.7 Å². The quantitative estimate of drug-likeness (QED) is 0.634. The zero-order chi connectivity index (χ0) is 19.0. The molecule has 0 saturated carbocycles. The largest absolute Gasteiger partial charge is 0.448 e. The summed E-state index contributed by atoms with van der Waals surface area (Å²) in [4.78, 5) is 27.9. The second kappa shape index (κ2) is 6.95. The second-order valence-electron chi connectivity index (χ2n) is 6.07. The number of halogens is 1. The Morgan fingerprint density at radius 3 is 2.62 bits per heavy atom. The van der Waals surface area contributed by atoms with E-state index in [9.17, 15) is 9.59 Å². The number of aromatic nitrogens is 3. The summed E-state index contributed by atoms with van der Waals surface area (Å²) in [6.07, 6.45) is -0.959. The number of hydrogen-bond acceptors (Lipinski definition) is 4. The molecule has 1 aromatic carbocycles. The molecule has 7 nitrogen and oxygen atoms in total. The number of para-hydroxylation sites is 1. The molecule has 0 aliphatic heterocycles. The van der Waals surface area contributed by atoms with E-state index < -0.39 is 18.0 Å². The topological polar surface area (TPSA) is 89.0 Å². The molecule has 26 heavy (non-hydrogen) atoms. The minimum atomic E-state index is -0.959. The lowest BCUT2D eigenvalue weighted by Gasteiger charge is -2.13. The molecular weight excluding hydrogens is 400 g/mol. The normalized spacial score (nSPS) is 12.2. The Hall–Kier alpha value is -2.61. The van der Waals surface area contributed by atoms with Gasteiger partial charge in [0, 0.05) is 18.0 Å². The lowest BCUT2D eigenvalue weighted by Crippen LogP contribution is -2.30. The van der Waals surface area contributed by atoms with Crippen molar-refractivity contribution >= 4 is 44.4 Å². The molecular formula is C18H19BrN4O3. The summed E-state index contributed by atoms with van der Waals surface area (Å²) in [7, 11) is 1.80. The highest BCUT2D eigenvalue weighted by Gasteiger charge is 2.24. The number of nitrogens with zero attached hydrogens (tertiary/aromatic N) is 2. The van der Waals surface area contributed by atoms with Crippen molar-refractivity contribution in [3.63, 3.8) is 0 Å². The van der Waals surface area contributed by atoms with Gasteiger partial charge in [0.1, 0.15) is 5.69 Å². The van der Waals surface area contributed by atoms with Crippen LogP contribution in [0.4, 0.5) is 5.69 Å². The Kier molecular flexibility index (Phi) is 4.86. The molecule has 0 fully saturated rings. The number of nitrogens with one attached hydrogen (secondary N) is 2. The summed E-state index contributed by atoms with van der Waals surface area (Å²) in [5.41, 5.74) is 3.25. The smallest absolute Gasteiger partial charge is 0.356 e. The fourth-order valence-electron chi connectivity index (χ4n) is 2.70. The van der Waals surface area contributed by atoms with Crippen molar-refractivity contribution in [2.24, 2.45) is 7.05 Å². The molecule has 8 heteroatoms. The monoisotopic (exact) mass is 418 g/mol. The fourth-order valence-corrected chi connectivity index (χ4v) is 3.31. The Morgan fingerprint density at radius 1 is 1.31 bits per heavy atom. The van der Waals surface area contributed by atoms with Gasteiger partial charge in [-0.15, -0.1) is 0 Å². The highest BCUT2D eigenvalue weighted by molar-refractivity contribution is 9.10. The first-order valence-electron chi connectivity index (χ1n) is 8.07. The van der Waals surface area contributed by atoms with Crippen LogP contribution >= 0.6 is 15.9 Å². The minimum absolute atomic E-state index is 0.277. The molecule has 2 aromatic heterocycles. The van der Waals surface area contributed by atoms with E-state index in [1.807, 2.05) is 31.2 Å². The Labute approximate surface area is 158 Å². The SMILES string of the molecule is Cc1nn(C)c(C)c1NC(=O)C(C)OC(=O)c1[nH]c2ccccc2c1Br. The number of fused-ring (bicyclic) bond motifs is 1. The molecule has 2 N–H and O–H groups in total. The van der Waals surface area contributed by atoms with Gasteiger partial charge in [-0.25, -0.2) is 4.79 Å². The van der Waals surface area contributed by atoms with Gasteiger partial charge < -0.3 is 15.0 Å². The molecule has 136 valence electrons. The lowest BCUT2D eigenvalue weighted by molar-refractivity contribution is -0.123. The van der Waals surface area contributed by atoms with E-state index in [0.717, 1.165) is 16.6 Å². The summed E-state index contributed by atoms with van der Waals surface area (Å²) < 4.78 is 7.63. The first kappa shape index (κ1) is 18.2. The van der Waals surface area contributed by atoms with Crippen molar-refractivity contribution in [2.45, 2.75) is 26.9 Å². The summed E-state index contributed by atoms with van der Waals surface area (Å²) in [6, 6.07) is 7.50. The number of hydrogen-bond donors (Lipinski definition) is 2. The van der Waals surface area contributed by atoms with Gasteiger partial charge in [0.25, 0.3) is 5.91 Å². The molecule has 0 saturated heterocycles. The maximum atomic E-state index is 12.5. The van der Waals surface area contributed by atoms with Crippen molar-refractivity contribution in [1.29, 1.82) is 0 Å². The minimum Gasteiger partial charge on any atom is -0.448 e. The molecule has 3 aromatic rings. The van der Waals surface area contributed by atoms with E-state index in [-0.39, 0.29) is 5.69 Å². The van der Waals surface area contributed by atoms with Gasteiger partial charge in [-0.1, -0.05) is 18.2 Å². The highest BCUT2D eigenvalue weighted by atomic mass is 79.9. The van der Waals surface area contributed by atoms with E-state index in [1.165, 1.54) is 6.92 Å². The van der Waals surface area contributed by atoms with Crippen LogP contribution in [0.3, 0.4) is 0 Å². The average molecular weight is 419 g/mol. The van der Waals surface area contributed by atoms with Crippen LogP contribution in [-0.4, -0.2) is 32.7 Å². The molecule has 0 bridgehead atoms. The van der Waals surface area contributed by atoms with Crippen LogP contribution in [0.2, 0.25) is 0 Å². The number of benzene rings is 1. The summed E-state index contributed by atoms with van der Waals surface area (Å²) in [6.45, 7) is 5.19. The zero-order valence-electron chi connectivity index (χ0n) is 14.9. The van der Waals surface area contributed by atoms with E-state index in [4.69, 9.17) is 4.74 Å². The summed E-state index contributed by atoms with van der Waals surface area (Å²) in [5.74, 6) is -1.01. The number of carbonyl (C=O) groups is 2. The molecule has 0 aliphatic carbocycles. The standard InChI is InChI=1S/C18H19BrN4O3/c1-9-15(10(2)23(4)22-9)21-17(24)11(3)26-18(25)16-14(19)12-7-5-6-8-13(12)20-16/h5-8,11,20H,1-4H3,(H,21,24). The number of amides is 1. The fraction of sp³-hybridized carbons (Fsp3) is 0.278. The van der Waals surface area contributed by atoms with Crippen LogP contribution in [0.25, 0.3) is 10.9 Å². The van der Waals surface area contributed by atoms with Crippen LogP contribution in [-0.2, 0) is 16.6 Å². The third-order valence-corrected chi connectivity index (χ3v) is 5.08. The van der Waals surface area contributed by atoms with Crippen molar-refractivity contribution in [1.82, 2.24) is 14.8 Å². The van der Waals surface area contributed by atoms with Crippen molar-refractivity contribution < 1.29 is 14.3 Å². The van der Waals surface area contributed by atoms with Gasteiger partial charge in [-0.2, -0.15) is 5.10 Å². The lowest BCUT2D eigenvalue weighted by atomic mass is 10.2. The molecule has 0 radical (unpaired) electrons. The molecule has 0 aliphatic rings. The first-order valence-corrected chi connectivity index (χ1v) is 8.87. The van der Waals surface area contributed by atoms with Gasteiger partial charge in [-0.3, -0.25) is 9.48 Å². The van der Waals surface area contributed by atoms with Crippen molar-refractivity contribution in [3.8, 4) is 0 Å². The van der Waals surface area contributed by atoms with Crippen LogP contribution < -0.4 is 5.32 Å². The Balaban J connectivity index is 1.74. The van der Waals surface area contributed by atoms with Gasteiger partial charge in [-0.05, 0) is 42.8 Å². The number of carbonyl (C=O) groups excluding carboxylic acids is 2. The molecule has 1 unspecified atom stereocenters. The van der Waals surface area contributed by atoms with Gasteiger partial charge in [0.2, 0.25) is 0 Å². The van der Waals surface area contributed by atoms with Crippen molar-refractivity contribution in [3.05, 3.63) is 45.8 Å². The molecule has 2 heterocycles. The number of aromatic amines is 1. The number of ether oxygens (including phenoxy) is 1. The van der Waals surface area contributed by atoms with E-state index in [1.54, 1.807) is 18.7 Å². The predicted octanol–water partition coefficient (Wildman–Crippen LogP) is 3.46. The second-order valence-corrected chi connectivity index (χ2v) is 6.86. The number of esters is 1. The summed E-state index contributed by atoms with van der Waals surface area (Å²) in [5, 5.41) is 7.90. The first-order chi connectivity index (χ1) is 12.3. The van der Waals surface area contributed by atoms with Gasteiger partial charge >= 0.3 is 5.97 Å². The van der Waals surface area contributed by atoms with Crippen LogP contribution in [0.1, 0.15) is 28.8 Å². The average Bonchev–Trinajstić information content (AvgIpc) is 3.06. The molecule has 3 rings (SSSR count). The maximum Gasteiger partial charge on any atom is 0.356 e. The third kappa shape index (κ3) is 3.24. The number of anilines is 1. The predicted molar refractivity (Wildman–Crippen MR) is 102 cm³/mol. The molecule has 1 amide bonds. The number of aryl methyl sites for hydroxylation is 2. The third-order valence-electron chi connectivity index (χ3n) is 4.26. The number of rotatable bonds is 4. The molecule has 0 spiro atoms. The van der Waals surface area contributed by atoms with Crippen LogP contribution in [0, 0.1) is 13.8 Å². The van der Waals surface area contributed by atoms with E-state index in [2.05, 4.69) is 31.3 Å². The van der Waals surface area contributed by atoms with E-state index >= 15 is 0 Å².